The highest BCUT2D eigenvalue weighted by molar-refractivity contribution is 9.08. The normalized spacial score (nSPS) is 10.4. The molecular formula is C14H11BrCl2O. The van der Waals surface area contributed by atoms with Gasteiger partial charge >= 0.3 is 0 Å². The van der Waals surface area contributed by atoms with Crippen LogP contribution < -0.4 is 4.74 Å². The number of halogens is 3. The summed E-state index contributed by atoms with van der Waals surface area (Å²) in [5, 5.41) is 1.95. The number of benzene rings is 2. The first kappa shape index (κ1) is 13.7. The lowest BCUT2D eigenvalue weighted by atomic mass is 10.2. The van der Waals surface area contributed by atoms with Crippen molar-refractivity contribution in [2.24, 2.45) is 0 Å². The van der Waals surface area contributed by atoms with Gasteiger partial charge in [-0.25, -0.2) is 0 Å². The van der Waals surface area contributed by atoms with Crippen molar-refractivity contribution in [3.63, 3.8) is 0 Å². The molecule has 0 bridgehead atoms. The van der Waals surface area contributed by atoms with Gasteiger partial charge in [0, 0.05) is 15.9 Å². The number of rotatable bonds is 3. The minimum atomic E-state index is 0.594. The molecule has 94 valence electrons. The third kappa shape index (κ3) is 3.19. The van der Waals surface area contributed by atoms with Crippen LogP contribution >= 0.6 is 39.1 Å². The van der Waals surface area contributed by atoms with E-state index in [-0.39, 0.29) is 0 Å². The van der Waals surface area contributed by atoms with Gasteiger partial charge in [-0.05, 0) is 42.8 Å². The van der Waals surface area contributed by atoms with Crippen molar-refractivity contribution in [2.45, 2.75) is 12.3 Å². The van der Waals surface area contributed by atoms with E-state index in [9.17, 15) is 0 Å². The Labute approximate surface area is 125 Å². The van der Waals surface area contributed by atoms with Crippen LogP contribution in [0.1, 0.15) is 11.1 Å². The molecule has 0 aliphatic heterocycles. The second kappa shape index (κ2) is 5.96. The molecule has 4 heteroatoms. The van der Waals surface area contributed by atoms with Gasteiger partial charge < -0.3 is 4.74 Å². The van der Waals surface area contributed by atoms with E-state index in [1.54, 1.807) is 6.07 Å². The first-order chi connectivity index (χ1) is 8.60. The lowest BCUT2D eigenvalue weighted by molar-refractivity contribution is 0.478. The Morgan fingerprint density at radius 1 is 1.06 bits per heavy atom. The molecule has 1 nitrogen and oxygen atoms in total. The molecule has 0 spiro atoms. The Balaban J connectivity index is 2.36. The summed E-state index contributed by atoms with van der Waals surface area (Å²) in [6.07, 6.45) is 0. The van der Waals surface area contributed by atoms with E-state index in [1.807, 2.05) is 37.3 Å². The van der Waals surface area contributed by atoms with Gasteiger partial charge in [0.15, 0.2) is 0 Å². The molecule has 0 unspecified atom stereocenters. The molecule has 18 heavy (non-hydrogen) atoms. The maximum Gasteiger partial charge on any atom is 0.146 e. The predicted octanol–water partition coefficient (Wildman–Crippen LogP) is 5.99. The van der Waals surface area contributed by atoms with E-state index in [2.05, 4.69) is 15.9 Å². The smallest absolute Gasteiger partial charge is 0.146 e. The van der Waals surface area contributed by atoms with Gasteiger partial charge in [-0.3, -0.25) is 0 Å². The second-order valence-corrected chi connectivity index (χ2v) is 5.33. The van der Waals surface area contributed by atoms with E-state index in [4.69, 9.17) is 27.9 Å². The van der Waals surface area contributed by atoms with Gasteiger partial charge in [-0.1, -0.05) is 45.2 Å². The lowest BCUT2D eigenvalue weighted by Gasteiger charge is -2.11. The lowest BCUT2D eigenvalue weighted by Crippen LogP contribution is -1.91. The average Bonchev–Trinajstić information content (AvgIpc) is 2.36. The average molecular weight is 346 g/mol. The Bertz CT molecular complexity index is 570. The SMILES string of the molecule is Cc1ccc(Cl)c(Oc2ccc(Cl)cc2CBr)c1. The number of hydrogen-bond acceptors (Lipinski definition) is 1. The second-order valence-electron chi connectivity index (χ2n) is 3.92. The van der Waals surface area contributed by atoms with Gasteiger partial charge in [0.25, 0.3) is 0 Å². The molecule has 0 radical (unpaired) electrons. The first-order valence-electron chi connectivity index (χ1n) is 5.38. The summed E-state index contributed by atoms with van der Waals surface area (Å²) >= 11 is 15.5. The number of alkyl halides is 1. The summed E-state index contributed by atoms with van der Waals surface area (Å²) in [4.78, 5) is 0. The molecule has 2 rings (SSSR count). The molecule has 2 aromatic carbocycles. The maximum atomic E-state index is 6.11. The zero-order valence-electron chi connectivity index (χ0n) is 9.71. The molecule has 0 aliphatic rings. The monoisotopic (exact) mass is 344 g/mol. The van der Waals surface area contributed by atoms with Crippen LogP contribution in [0.3, 0.4) is 0 Å². The zero-order valence-corrected chi connectivity index (χ0v) is 12.8. The Morgan fingerprint density at radius 2 is 1.83 bits per heavy atom. The highest BCUT2D eigenvalue weighted by Gasteiger charge is 2.08. The molecule has 0 saturated heterocycles. The predicted molar refractivity (Wildman–Crippen MR) is 80.3 cm³/mol. The maximum absolute atomic E-state index is 6.11. The van der Waals surface area contributed by atoms with Gasteiger partial charge in [0.05, 0.1) is 5.02 Å². The van der Waals surface area contributed by atoms with Gasteiger partial charge in [-0.15, -0.1) is 0 Å². The summed E-state index contributed by atoms with van der Waals surface area (Å²) < 4.78 is 5.85. The zero-order chi connectivity index (χ0) is 13.1. The fraction of sp³-hybridized carbons (Fsp3) is 0.143. The Morgan fingerprint density at radius 3 is 2.56 bits per heavy atom. The number of aryl methyl sites for hydroxylation is 1. The summed E-state index contributed by atoms with van der Waals surface area (Å²) in [5.74, 6) is 1.41. The van der Waals surface area contributed by atoms with Gasteiger partial charge in [0.1, 0.15) is 11.5 Å². The molecule has 2 aromatic rings. The number of ether oxygens (including phenoxy) is 1. The van der Waals surface area contributed by atoms with E-state index in [1.165, 1.54) is 0 Å². The van der Waals surface area contributed by atoms with Crippen LogP contribution in [0.15, 0.2) is 36.4 Å². The van der Waals surface area contributed by atoms with Crippen LogP contribution in [0.25, 0.3) is 0 Å². The largest absolute Gasteiger partial charge is 0.455 e. The minimum Gasteiger partial charge on any atom is -0.455 e. The van der Waals surface area contributed by atoms with E-state index in [0.717, 1.165) is 16.9 Å². The van der Waals surface area contributed by atoms with E-state index < -0.39 is 0 Å². The van der Waals surface area contributed by atoms with Crippen molar-refractivity contribution in [1.82, 2.24) is 0 Å². The van der Waals surface area contributed by atoms with Crippen LogP contribution in [-0.4, -0.2) is 0 Å². The molecule has 0 aliphatic carbocycles. The molecule has 0 aromatic heterocycles. The summed E-state index contributed by atoms with van der Waals surface area (Å²) in [6.45, 7) is 2.00. The highest BCUT2D eigenvalue weighted by Crippen LogP contribution is 2.33. The standard InChI is InChI=1S/C14H11BrCl2O/c1-9-2-4-12(17)14(6-9)18-13-5-3-11(16)7-10(13)8-15/h2-7H,8H2,1H3. The molecule has 0 amide bonds. The third-order valence-electron chi connectivity index (χ3n) is 2.47. The topological polar surface area (TPSA) is 9.23 Å². The van der Waals surface area contributed by atoms with Crippen molar-refractivity contribution < 1.29 is 4.74 Å². The summed E-state index contributed by atoms with van der Waals surface area (Å²) in [7, 11) is 0. The first-order valence-corrected chi connectivity index (χ1v) is 7.26. The fourth-order valence-electron chi connectivity index (χ4n) is 1.56. The Kier molecular flexibility index (Phi) is 4.55. The van der Waals surface area contributed by atoms with Crippen molar-refractivity contribution in [3.8, 4) is 11.5 Å². The van der Waals surface area contributed by atoms with E-state index in [0.29, 0.717) is 21.1 Å². The Hall–Kier alpha value is -0.700. The van der Waals surface area contributed by atoms with Crippen LogP contribution in [0, 0.1) is 6.92 Å². The van der Waals surface area contributed by atoms with Crippen molar-refractivity contribution in [2.75, 3.05) is 0 Å². The minimum absolute atomic E-state index is 0.594. The highest BCUT2D eigenvalue weighted by atomic mass is 79.9. The molecule has 0 saturated carbocycles. The van der Waals surface area contributed by atoms with Gasteiger partial charge in [-0.2, -0.15) is 0 Å². The molecule has 0 fully saturated rings. The molecular weight excluding hydrogens is 335 g/mol. The van der Waals surface area contributed by atoms with Crippen LogP contribution in [-0.2, 0) is 5.33 Å². The van der Waals surface area contributed by atoms with Crippen LogP contribution in [0.2, 0.25) is 10.0 Å². The third-order valence-corrected chi connectivity index (χ3v) is 3.62. The van der Waals surface area contributed by atoms with Crippen molar-refractivity contribution in [1.29, 1.82) is 0 Å². The summed E-state index contributed by atoms with van der Waals surface area (Å²) in [5.41, 5.74) is 2.09. The van der Waals surface area contributed by atoms with Crippen LogP contribution in [0.5, 0.6) is 11.5 Å². The van der Waals surface area contributed by atoms with E-state index >= 15 is 0 Å². The summed E-state index contributed by atoms with van der Waals surface area (Å²) in [6, 6.07) is 11.2. The fourth-order valence-corrected chi connectivity index (χ4v) is 2.35. The van der Waals surface area contributed by atoms with Crippen LogP contribution in [0.4, 0.5) is 0 Å². The van der Waals surface area contributed by atoms with Gasteiger partial charge in [0.2, 0.25) is 0 Å². The van der Waals surface area contributed by atoms with Crippen molar-refractivity contribution in [3.05, 3.63) is 57.6 Å². The molecule has 0 N–H and O–H groups in total. The van der Waals surface area contributed by atoms with Crippen molar-refractivity contribution >= 4 is 39.1 Å². The molecule has 0 heterocycles. The molecule has 0 atom stereocenters. The quantitative estimate of drug-likeness (QED) is 0.621. The number of hydrogen-bond donors (Lipinski definition) is 0.